The third-order valence-electron chi connectivity index (χ3n) is 12.1. The average molecular weight is 521 g/mol. The number of halogens is 1. The lowest BCUT2D eigenvalue weighted by Crippen LogP contribution is -2.58. The molecule has 6 aliphatic rings. The van der Waals surface area contributed by atoms with Gasteiger partial charge in [-0.25, -0.2) is 0 Å². The second kappa shape index (κ2) is 10.4. The molecule has 2 amide bonds. The zero-order valence-corrected chi connectivity index (χ0v) is 23.3. The van der Waals surface area contributed by atoms with E-state index in [-0.39, 0.29) is 41.7 Å². The lowest BCUT2D eigenvalue weighted by atomic mass is 9.45. The number of nitrogens with one attached hydrogen (secondary N) is 4. The summed E-state index contributed by atoms with van der Waals surface area (Å²) in [6.07, 6.45) is 15.5. The summed E-state index contributed by atoms with van der Waals surface area (Å²) in [6.45, 7) is 7.07. The van der Waals surface area contributed by atoms with Crippen LogP contribution in [-0.4, -0.2) is 49.1 Å². The van der Waals surface area contributed by atoms with Crippen LogP contribution in [0.5, 0.6) is 0 Å². The van der Waals surface area contributed by atoms with Gasteiger partial charge in [0.05, 0.1) is 12.1 Å². The molecule has 4 N–H and O–H groups in total. The quantitative estimate of drug-likeness (QED) is 0.453. The van der Waals surface area contributed by atoms with Gasteiger partial charge < -0.3 is 21.3 Å². The lowest BCUT2D eigenvalue weighted by molar-refractivity contribution is -0.129. The molecule has 36 heavy (non-hydrogen) atoms. The van der Waals surface area contributed by atoms with Crippen molar-refractivity contribution in [1.82, 2.24) is 21.3 Å². The first-order chi connectivity index (χ1) is 16.9. The van der Waals surface area contributed by atoms with E-state index in [1.165, 1.54) is 44.9 Å². The van der Waals surface area contributed by atoms with E-state index < -0.39 is 0 Å². The number of hydrogen-bond donors (Lipinski definition) is 4. The van der Waals surface area contributed by atoms with E-state index >= 15 is 0 Å². The van der Waals surface area contributed by atoms with E-state index in [0.717, 1.165) is 75.3 Å². The molecule has 6 rings (SSSR count). The average Bonchev–Trinajstić information content (AvgIpc) is 3.61. The van der Waals surface area contributed by atoms with Crippen LogP contribution in [0.1, 0.15) is 97.3 Å². The van der Waals surface area contributed by atoms with Crippen LogP contribution >= 0.6 is 12.4 Å². The summed E-state index contributed by atoms with van der Waals surface area (Å²) in [7, 11) is 0. The summed E-state index contributed by atoms with van der Waals surface area (Å²) < 4.78 is 0. The predicted octanol–water partition coefficient (Wildman–Crippen LogP) is 3.92. The number of hydrogen-bond acceptors (Lipinski definition) is 4. The smallest absolute Gasteiger partial charge is 0.237 e. The third kappa shape index (κ3) is 4.51. The maximum absolute atomic E-state index is 12.9. The monoisotopic (exact) mass is 520 g/mol. The van der Waals surface area contributed by atoms with Crippen molar-refractivity contribution in [2.45, 2.75) is 121 Å². The molecule has 0 spiro atoms. The molecule has 4 saturated carbocycles. The van der Waals surface area contributed by atoms with Crippen molar-refractivity contribution < 1.29 is 9.59 Å². The van der Waals surface area contributed by atoms with Gasteiger partial charge in [-0.3, -0.25) is 9.59 Å². The number of carbonyl (C=O) groups excluding carboxylic acids is 2. The van der Waals surface area contributed by atoms with Gasteiger partial charge in [0.1, 0.15) is 0 Å². The van der Waals surface area contributed by atoms with Gasteiger partial charge in [-0.2, -0.15) is 0 Å². The van der Waals surface area contributed by atoms with Gasteiger partial charge >= 0.3 is 0 Å². The molecule has 10 atom stereocenters. The summed E-state index contributed by atoms with van der Waals surface area (Å²) in [4.78, 5) is 25.6. The third-order valence-corrected chi connectivity index (χ3v) is 12.1. The fourth-order valence-corrected chi connectivity index (χ4v) is 10.0. The molecule has 7 heteroatoms. The van der Waals surface area contributed by atoms with Crippen molar-refractivity contribution in [2.24, 2.45) is 34.5 Å². The first-order valence-corrected chi connectivity index (χ1v) is 15.0. The lowest BCUT2D eigenvalue weighted by Gasteiger charge is -2.61. The minimum absolute atomic E-state index is 0. The molecule has 2 aliphatic heterocycles. The molecule has 0 bridgehead atoms. The van der Waals surface area contributed by atoms with Gasteiger partial charge in [-0.15, -0.1) is 12.4 Å². The SMILES string of the molecule is CC12CCC(NC(=O)C3CCCN3)CC1CCC1C2CCC2(C)C(NC(=O)C3CCCN3)CCC12.Cl. The predicted molar refractivity (Wildman–Crippen MR) is 145 cm³/mol. The van der Waals surface area contributed by atoms with Gasteiger partial charge in [0.25, 0.3) is 0 Å². The second-order valence-electron chi connectivity index (χ2n) is 13.6. The van der Waals surface area contributed by atoms with E-state index in [4.69, 9.17) is 0 Å². The first kappa shape index (κ1) is 26.7. The minimum atomic E-state index is 0. The molecule has 4 aliphatic carbocycles. The van der Waals surface area contributed by atoms with Crippen molar-refractivity contribution in [3.63, 3.8) is 0 Å². The van der Waals surface area contributed by atoms with E-state index in [2.05, 4.69) is 35.1 Å². The van der Waals surface area contributed by atoms with Crippen LogP contribution in [0.15, 0.2) is 0 Å². The fraction of sp³-hybridized carbons (Fsp3) is 0.931. The standard InChI is InChI=1S/C29H48N4O2.ClH/c1-28-13-11-19(32-26(34)23-5-3-15-30-23)17-18(28)7-8-20-21-9-10-25(29(21,2)14-12-22(20)28)33-27(35)24-6-4-16-31-24;/h18-25,30-31H,3-17H2,1-2H3,(H,32,34)(H,33,35);1H. The molecule has 6 nitrogen and oxygen atoms in total. The molecule has 2 saturated heterocycles. The van der Waals surface area contributed by atoms with Gasteiger partial charge in [-0.05, 0) is 131 Å². The maximum atomic E-state index is 12.9. The topological polar surface area (TPSA) is 82.3 Å². The molecule has 6 fully saturated rings. The van der Waals surface area contributed by atoms with Crippen LogP contribution < -0.4 is 21.3 Å². The van der Waals surface area contributed by atoms with Crippen molar-refractivity contribution in [1.29, 1.82) is 0 Å². The number of amides is 2. The molecule has 2 heterocycles. The Labute approximate surface area is 224 Å². The zero-order valence-electron chi connectivity index (χ0n) is 22.5. The van der Waals surface area contributed by atoms with Crippen molar-refractivity contribution >= 4 is 24.2 Å². The van der Waals surface area contributed by atoms with Crippen molar-refractivity contribution in [2.75, 3.05) is 13.1 Å². The van der Waals surface area contributed by atoms with Gasteiger partial charge in [0, 0.05) is 12.1 Å². The molecular weight excluding hydrogens is 472 g/mol. The van der Waals surface area contributed by atoms with Crippen LogP contribution in [0.3, 0.4) is 0 Å². The highest BCUT2D eigenvalue weighted by Crippen LogP contribution is 2.66. The highest BCUT2D eigenvalue weighted by Gasteiger charge is 2.60. The zero-order chi connectivity index (χ0) is 24.2. The molecule has 0 aromatic heterocycles. The Kier molecular flexibility index (Phi) is 7.71. The summed E-state index contributed by atoms with van der Waals surface area (Å²) in [6, 6.07) is 0.784. The highest BCUT2D eigenvalue weighted by molar-refractivity contribution is 5.85. The Hall–Kier alpha value is -0.850. The maximum Gasteiger partial charge on any atom is 0.237 e. The Morgan fingerprint density at radius 1 is 0.722 bits per heavy atom. The summed E-state index contributed by atoms with van der Waals surface area (Å²) in [5, 5.41) is 13.7. The van der Waals surface area contributed by atoms with Crippen LogP contribution in [0.4, 0.5) is 0 Å². The highest BCUT2D eigenvalue weighted by atomic mass is 35.5. The Balaban J connectivity index is 0.00000267. The van der Waals surface area contributed by atoms with E-state index in [0.29, 0.717) is 17.5 Å². The Morgan fingerprint density at radius 3 is 2.03 bits per heavy atom. The van der Waals surface area contributed by atoms with Crippen LogP contribution in [0, 0.1) is 34.5 Å². The van der Waals surface area contributed by atoms with Crippen molar-refractivity contribution in [3.8, 4) is 0 Å². The van der Waals surface area contributed by atoms with Gasteiger partial charge in [0.15, 0.2) is 0 Å². The van der Waals surface area contributed by atoms with Crippen LogP contribution in [-0.2, 0) is 9.59 Å². The molecule has 10 unspecified atom stereocenters. The van der Waals surface area contributed by atoms with Crippen molar-refractivity contribution in [3.05, 3.63) is 0 Å². The van der Waals surface area contributed by atoms with Crippen LogP contribution in [0.2, 0.25) is 0 Å². The Bertz CT molecular complexity index is 828. The number of fused-ring (bicyclic) bond motifs is 5. The van der Waals surface area contributed by atoms with E-state index in [9.17, 15) is 9.59 Å². The molecule has 0 aromatic rings. The second-order valence-corrected chi connectivity index (χ2v) is 13.6. The largest absolute Gasteiger partial charge is 0.352 e. The van der Waals surface area contributed by atoms with E-state index in [1.807, 2.05) is 0 Å². The van der Waals surface area contributed by atoms with Crippen LogP contribution in [0.25, 0.3) is 0 Å². The summed E-state index contributed by atoms with van der Waals surface area (Å²) >= 11 is 0. The molecular formula is C29H49ClN4O2. The summed E-state index contributed by atoms with van der Waals surface area (Å²) in [5.74, 6) is 3.62. The molecule has 0 radical (unpaired) electrons. The van der Waals surface area contributed by atoms with Gasteiger partial charge in [0.2, 0.25) is 11.8 Å². The fourth-order valence-electron chi connectivity index (χ4n) is 10.0. The summed E-state index contributed by atoms with van der Waals surface area (Å²) in [5.41, 5.74) is 0.685. The van der Waals surface area contributed by atoms with Gasteiger partial charge in [-0.1, -0.05) is 13.8 Å². The number of carbonyl (C=O) groups is 2. The minimum Gasteiger partial charge on any atom is -0.352 e. The Morgan fingerprint density at radius 2 is 1.36 bits per heavy atom. The van der Waals surface area contributed by atoms with E-state index in [1.54, 1.807) is 0 Å². The number of rotatable bonds is 4. The first-order valence-electron chi connectivity index (χ1n) is 15.0. The molecule has 204 valence electrons. The molecule has 0 aromatic carbocycles. The normalized spacial score (nSPS) is 47.7.